The molecule has 0 spiro atoms. The van der Waals surface area contributed by atoms with E-state index in [0.717, 1.165) is 18.6 Å². The lowest BCUT2D eigenvalue weighted by molar-refractivity contribution is -0.141. The van der Waals surface area contributed by atoms with Crippen LogP contribution in [0.3, 0.4) is 0 Å². The Bertz CT molecular complexity index is 464. The Labute approximate surface area is 110 Å². The number of nitriles is 1. The van der Waals surface area contributed by atoms with Crippen LogP contribution in [0.25, 0.3) is 0 Å². The molecular formula is C13H15F3N2O. The van der Waals surface area contributed by atoms with E-state index in [1.807, 2.05) is 13.8 Å². The smallest absolute Gasteiger partial charge is 0.433 e. The Morgan fingerprint density at radius 3 is 2.58 bits per heavy atom. The highest BCUT2D eigenvalue weighted by molar-refractivity contribution is 5.39. The van der Waals surface area contributed by atoms with Gasteiger partial charge in [-0.25, -0.2) is 4.98 Å². The highest BCUT2D eigenvalue weighted by atomic mass is 19.4. The maximum atomic E-state index is 12.5. The Kier molecular flexibility index (Phi) is 5.16. The molecule has 1 heterocycles. The fourth-order valence-electron chi connectivity index (χ4n) is 1.45. The number of ether oxygens (including phenoxy) is 1. The average molecular weight is 272 g/mol. The van der Waals surface area contributed by atoms with Crippen molar-refractivity contribution in [2.75, 3.05) is 6.61 Å². The molecular weight excluding hydrogens is 257 g/mol. The average Bonchev–Trinajstić information content (AvgIpc) is 2.33. The standard InChI is InChI=1S/C13H15F3N2O/c1-9(2)4-3-7-19-12-10(8-17)5-6-11(18-12)13(14,15)16/h5-6,9H,3-4,7H2,1-2H3. The first-order valence-electron chi connectivity index (χ1n) is 5.95. The molecule has 6 heteroatoms. The zero-order chi connectivity index (χ0) is 14.5. The van der Waals surface area contributed by atoms with Crippen LogP contribution in [0.5, 0.6) is 5.88 Å². The fraction of sp³-hybridized carbons (Fsp3) is 0.538. The van der Waals surface area contributed by atoms with Crippen molar-refractivity contribution >= 4 is 0 Å². The normalized spacial score (nSPS) is 11.4. The van der Waals surface area contributed by atoms with Gasteiger partial charge in [-0.1, -0.05) is 13.8 Å². The van der Waals surface area contributed by atoms with Gasteiger partial charge in [-0.2, -0.15) is 18.4 Å². The molecule has 1 aromatic heterocycles. The van der Waals surface area contributed by atoms with Crippen LogP contribution in [0.15, 0.2) is 12.1 Å². The molecule has 0 radical (unpaired) electrons. The number of hydrogen-bond donors (Lipinski definition) is 0. The zero-order valence-electron chi connectivity index (χ0n) is 10.8. The number of nitrogens with zero attached hydrogens (tertiary/aromatic N) is 2. The minimum atomic E-state index is -4.54. The van der Waals surface area contributed by atoms with E-state index < -0.39 is 11.9 Å². The van der Waals surface area contributed by atoms with Gasteiger partial charge in [0, 0.05) is 0 Å². The van der Waals surface area contributed by atoms with Gasteiger partial charge in [0.25, 0.3) is 0 Å². The summed E-state index contributed by atoms with van der Waals surface area (Å²) in [4.78, 5) is 3.36. The van der Waals surface area contributed by atoms with Gasteiger partial charge in [-0.3, -0.25) is 0 Å². The molecule has 3 nitrogen and oxygen atoms in total. The summed E-state index contributed by atoms with van der Waals surface area (Å²) in [7, 11) is 0. The van der Waals surface area contributed by atoms with Gasteiger partial charge in [-0.05, 0) is 30.9 Å². The van der Waals surface area contributed by atoms with Gasteiger partial charge in [-0.15, -0.1) is 0 Å². The fourth-order valence-corrected chi connectivity index (χ4v) is 1.45. The molecule has 0 saturated heterocycles. The molecule has 104 valence electrons. The summed E-state index contributed by atoms with van der Waals surface area (Å²) in [6, 6.07) is 3.62. The van der Waals surface area contributed by atoms with Crippen LogP contribution in [0.4, 0.5) is 13.2 Å². The van der Waals surface area contributed by atoms with Crippen molar-refractivity contribution in [1.29, 1.82) is 5.26 Å². The van der Waals surface area contributed by atoms with Crippen LogP contribution >= 0.6 is 0 Å². The highest BCUT2D eigenvalue weighted by Crippen LogP contribution is 2.30. The van der Waals surface area contributed by atoms with E-state index in [-0.39, 0.29) is 18.1 Å². The molecule has 1 rings (SSSR count). The lowest BCUT2D eigenvalue weighted by atomic mass is 10.1. The summed E-state index contributed by atoms with van der Waals surface area (Å²) in [5.41, 5.74) is -1.04. The molecule has 0 aliphatic heterocycles. The van der Waals surface area contributed by atoms with Crippen molar-refractivity contribution in [3.8, 4) is 11.9 Å². The van der Waals surface area contributed by atoms with Crippen LogP contribution in [-0.4, -0.2) is 11.6 Å². The summed E-state index contributed by atoms with van der Waals surface area (Å²) < 4.78 is 42.7. The number of pyridine rings is 1. The summed E-state index contributed by atoms with van der Waals surface area (Å²) in [6.45, 7) is 4.34. The molecule has 0 N–H and O–H groups in total. The predicted molar refractivity (Wildman–Crippen MR) is 63.5 cm³/mol. The Morgan fingerprint density at radius 2 is 2.05 bits per heavy atom. The van der Waals surface area contributed by atoms with Crippen molar-refractivity contribution < 1.29 is 17.9 Å². The quantitative estimate of drug-likeness (QED) is 0.766. The molecule has 19 heavy (non-hydrogen) atoms. The lowest BCUT2D eigenvalue weighted by Gasteiger charge is -2.11. The second-order valence-corrected chi connectivity index (χ2v) is 4.54. The molecule has 0 aliphatic carbocycles. The molecule has 1 aromatic rings. The molecule has 0 aliphatic rings. The highest BCUT2D eigenvalue weighted by Gasteiger charge is 2.33. The van der Waals surface area contributed by atoms with Gasteiger partial charge in [0.15, 0.2) is 0 Å². The molecule has 0 amide bonds. The van der Waals surface area contributed by atoms with Crippen LogP contribution in [0, 0.1) is 17.2 Å². The summed E-state index contributed by atoms with van der Waals surface area (Å²) in [6.07, 6.45) is -2.93. The largest absolute Gasteiger partial charge is 0.477 e. The third-order valence-corrected chi connectivity index (χ3v) is 2.44. The first kappa shape index (κ1) is 15.3. The SMILES string of the molecule is CC(C)CCCOc1nc(C(F)(F)F)ccc1C#N. The van der Waals surface area contributed by atoms with E-state index >= 15 is 0 Å². The molecule has 0 bridgehead atoms. The molecule has 0 fully saturated rings. The van der Waals surface area contributed by atoms with E-state index in [1.54, 1.807) is 6.07 Å². The summed E-state index contributed by atoms with van der Waals surface area (Å²) in [5.74, 6) is 0.245. The minimum absolute atomic E-state index is 0.0116. The van der Waals surface area contributed by atoms with E-state index in [4.69, 9.17) is 10.00 Å². The number of rotatable bonds is 5. The summed E-state index contributed by atoms with van der Waals surface area (Å²) >= 11 is 0. The first-order valence-corrected chi connectivity index (χ1v) is 5.95. The zero-order valence-corrected chi connectivity index (χ0v) is 10.8. The predicted octanol–water partition coefficient (Wildman–Crippen LogP) is 3.79. The topological polar surface area (TPSA) is 45.9 Å². The van der Waals surface area contributed by atoms with Crippen molar-refractivity contribution in [2.45, 2.75) is 32.9 Å². The van der Waals surface area contributed by atoms with Crippen LogP contribution < -0.4 is 4.74 Å². The van der Waals surface area contributed by atoms with E-state index in [1.165, 1.54) is 0 Å². The van der Waals surface area contributed by atoms with Gasteiger partial charge < -0.3 is 4.74 Å². The summed E-state index contributed by atoms with van der Waals surface area (Å²) in [5, 5.41) is 8.81. The van der Waals surface area contributed by atoms with Crippen LogP contribution in [0.2, 0.25) is 0 Å². The number of hydrogen-bond acceptors (Lipinski definition) is 3. The van der Waals surface area contributed by atoms with Crippen molar-refractivity contribution in [2.24, 2.45) is 5.92 Å². The number of aromatic nitrogens is 1. The maximum absolute atomic E-state index is 12.5. The van der Waals surface area contributed by atoms with Crippen molar-refractivity contribution in [1.82, 2.24) is 4.98 Å². The minimum Gasteiger partial charge on any atom is -0.477 e. The van der Waals surface area contributed by atoms with Crippen LogP contribution in [-0.2, 0) is 6.18 Å². The second-order valence-electron chi connectivity index (χ2n) is 4.54. The monoisotopic (exact) mass is 272 g/mol. The Hall–Kier alpha value is -1.77. The number of halogens is 3. The van der Waals surface area contributed by atoms with Gasteiger partial charge in [0.1, 0.15) is 17.3 Å². The third kappa shape index (κ3) is 4.78. The Morgan fingerprint density at radius 1 is 1.37 bits per heavy atom. The van der Waals surface area contributed by atoms with Gasteiger partial charge >= 0.3 is 6.18 Å². The van der Waals surface area contributed by atoms with Crippen LogP contribution in [0.1, 0.15) is 37.9 Å². The molecule has 0 atom stereocenters. The first-order chi connectivity index (χ1) is 8.84. The van der Waals surface area contributed by atoms with E-state index in [0.29, 0.717) is 12.3 Å². The second kappa shape index (κ2) is 6.41. The lowest BCUT2D eigenvalue weighted by Crippen LogP contribution is -2.10. The van der Waals surface area contributed by atoms with Gasteiger partial charge in [0.05, 0.1) is 6.61 Å². The molecule has 0 aromatic carbocycles. The maximum Gasteiger partial charge on any atom is 0.433 e. The van der Waals surface area contributed by atoms with Gasteiger partial charge in [0.2, 0.25) is 5.88 Å². The molecule has 0 unspecified atom stereocenters. The number of alkyl halides is 3. The Balaban J connectivity index is 2.77. The third-order valence-electron chi connectivity index (χ3n) is 2.44. The molecule has 0 saturated carbocycles. The van der Waals surface area contributed by atoms with E-state index in [2.05, 4.69) is 4.98 Å². The van der Waals surface area contributed by atoms with Crippen molar-refractivity contribution in [3.05, 3.63) is 23.4 Å². The van der Waals surface area contributed by atoms with Crippen molar-refractivity contribution in [3.63, 3.8) is 0 Å². The van der Waals surface area contributed by atoms with E-state index in [9.17, 15) is 13.2 Å².